The highest BCUT2D eigenvalue weighted by Crippen LogP contribution is 2.28. The second-order valence-corrected chi connectivity index (χ2v) is 7.41. The molecule has 1 saturated carbocycles. The van der Waals surface area contributed by atoms with Crippen molar-refractivity contribution >= 4 is 23.9 Å². The number of methoxy groups -OCH3 is 1. The van der Waals surface area contributed by atoms with Gasteiger partial charge in [-0.1, -0.05) is 18.9 Å². The number of aliphatic carboxylic acids is 2. The average Bonchev–Trinajstić information content (AvgIpc) is 2.72. The van der Waals surface area contributed by atoms with Gasteiger partial charge in [-0.25, -0.2) is 9.78 Å². The second kappa shape index (κ2) is 11.4. The van der Waals surface area contributed by atoms with Gasteiger partial charge in [0.2, 0.25) is 0 Å². The van der Waals surface area contributed by atoms with E-state index in [1.807, 2.05) is 0 Å². The summed E-state index contributed by atoms with van der Waals surface area (Å²) in [7, 11) is 1.22. The SMILES string of the molecule is COC(=O)CN(CC(=O)O)[C@H]1CCCC[C@@H]1N(CC(=O)O)Cc1cccc(C(=O)O)n1. The number of ether oxygens (including phenoxy) is 1. The minimum absolute atomic E-state index is 0.0771. The molecule has 0 amide bonds. The van der Waals surface area contributed by atoms with Gasteiger partial charge in [-0.3, -0.25) is 24.2 Å². The van der Waals surface area contributed by atoms with Gasteiger partial charge in [0, 0.05) is 18.6 Å². The first-order valence-electron chi connectivity index (χ1n) is 9.89. The van der Waals surface area contributed by atoms with Crippen LogP contribution in [0, 0.1) is 0 Å². The summed E-state index contributed by atoms with van der Waals surface area (Å²) in [5.41, 5.74) is 0.245. The van der Waals surface area contributed by atoms with E-state index < -0.39 is 23.9 Å². The summed E-state index contributed by atoms with van der Waals surface area (Å²) in [4.78, 5) is 53.3. The summed E-state index contributed by atoms with van der Waals surface area (Å²) in [6, 6.07) is 3.76. The molecule has 1 heterocycles. The van der Waals surface area contributed by atoms with Crippen LogP contribution in [0.5, 0.6) is 0 Å². The molecular weight excluding hydrogens is 410 g/mol. The van der Waals surface area contributed by atoms with Crippen LogP contribution in [0.4, 0.5) is 0 Å². The number of carbonyl (C=O) groups excluding carboxylic acids is 1. The van der Waals surface area contributed by atoms with Crippen molar-refractivity contribution in [1.29, 1.82) is 0 Å². The summed E-state index contributed by atoms with van der Waals surface area (Å²) in [6.45, 7) is -0.867. The number of nitrogens with zero attached hydrogens (tertiary/aromatic N) is 3. The lowest BCUT2D eigenvalue weighted by molar-refractivity contribution is -0.148. The molecule has 0 radical (unpaired) electrons. The number of esters is 1. The Bertz CT molecular complexity index is 815. The molecule has 1 aromatic heterocycles. The Kier molecular flexibility index (Phi) is 8.88. The van der Waals surface area contributed by atoms with Crippen molar-refractivity contribution in [2.75, 3.05) is 26.7 Å². The van der Waals surface area contributed by atoms with Crippen LogP contribution in [0.15, 0.2) is 18.2 Å². The quantitative estimate of drug-likeness (QED) is 0.415. The van der Waals surface area contributed by atoms with Crippen LogP contribution < -0.4 is 0 Å². The van der Waals surface area contributed by atoms with E-state index in [1.54, 1.807) is 11.0 Å². The highest BCUT2D eigenvalue weighted by molar-refractivity contribution is 5.85. The van der Waals surface area contributed by atoms with Crippen molar-refractivity contribution < 1.29 is 39.2 Å². The van der Waals surface area contributed by atoms with Gasteiger partial charge in [0.1, 0.15) is 5.69 Å². The first-order chi connectivity index (χ1) is 14.7. The molecule has 1 aliphatic carbocycles. The van der Waals surface area contributed by atoms with Crippen molar-refractivity contribution in [2.45, 2.75) is 44.3 Å². The number of carbonyl (C=O) groups is 4. The Balaban J connectivity index is 2.33. The number of carboxylic acid groups (broad SMARTS) is 3. The smallest absolute Gasteiger partial charge is 0.354 e. The van der Waals surface area contributed by atoms with Gasteiger partial charge in [0.25, 0.3) is 0 Å². The number of aromatic nitrogens is 1. The van der Waals surface area contributed by atoms with Crippen molar-refractivity contribution in [1.82, 2.24) is 14.8 Å². The molecule has 2 atom stereocenters. The third-order valence-electron chi connectivity index (χ3n) is 5.26. The number of aromatic carboxylic acids is 1. The predicted molar refractivity (Wildman–Crippen MR) is 107 cm³/mol. The van der Waals surface area contributed by atoms with Crippen molar-refractivity contribution in [3.05, 3.63) is 29.6 Å². The van der Waals surface area contributed by atoms with Crippen molar-refractivity contribution in [2.24, 2.45) is 0 Å². The monoisotopic (exact) mass is 437 g/mol. The summed E-state index contributed by atoms with van der Waals surface area (Å²) in [6.07, 6.45) is 2.83. The number of pyridine rings is 1. The largest absolute Gasteiger partial charge is 0.480 e. The van der Waals surface area contributed by atoms with E-state index in [0.717, 1.165) is 12.8 Å². The first-order valence-corrected chi connectivity index (χ1v) is 9.89. The van der Waals surface area contributed by atoms with Gasteiger partial charge in [-0.2, -0.15) is 0 Å². The maximum Gasteiger partial charge on any atom is 0.354 e. The van der Waals surface area contributed by atoms with Crippen molar-refractivity contribution in [3.63, 3.8) is 0 Å². The van der Waals surface area contributed by atoms with Crippen LogP contribution in [0.3, 0.4) is 0 Å². The number of rotatable bonds is 11. The summed E-state index contributed by atoms with van der Waals surface area (Å²) >= 11 is 0. The molecule has 1 aromatic rings. The maximum atomic E-state index is 11.9. The molecule has 11 nitrogen and oxygen atoms in total. The molecule has 3 N–H and O–H groups in total. The average molecular weight is 437 g/mol. The van der Waals surface area contributed by atoms with Crippen LogP contribution >= 0.6 is 0 Å². The maximum absolute atomic E-state index is 11.9. The zero-order valence-corrected chi connectivity index (χ0v) is 17.3. The summed E-state index contributed by atoms with van der Waals surface area (Å²) in [5.74, 6) is -3.94. The molecule has 11 heteroatoms. The highest BCUT2D eigenvalue weighted by atomic mass is 16.5. The molecule has 1 aliphatic rings. The van der Waals surface area contributed by atoms with Gasteiger partial charge >= 0.3 is 23.9 Å². The molecular formula is C20H27N3O8. The summed E-state index contributed by atoms with van der Waals surface area (Å²) < 4.78 is 4.70. The Labute approximate surface area is 179 Å². The Hall–Kier alpha value is -3.05. The van der Waals surface area contributed by atoms with E-state index in [9.17, 15) is 29.4 Å². The molecule has 0 aromatic carbocycles. The highest BCUT2D eigenvalue weighted by Gasteiger charge is 2.36. The minimum atomic E-state index is -1.19. The molecule has 0 saturated heterocycles. The Morgan fingerprint density at radius 3 is 2.10 bits per heavy atom. The molecule has 1 fully saturated rings. The predicted octanol–water partition coefficient (Wildman–Crippen LogP) is 0.537. The third-order valence-corrected chi connectivity index (χ3v) is 5.26. The molecule has 2 rings (SSSR count). The van der Waals surface area contributed by atoms with Crippen LogP contribution in [-0.4, -0.2) is 92.8 Å². The zero-order valence-electron chi connectivity index (χ0n) is 17.3. The van der Waals surface area contributed by atoms with E-state index in [4.69, 9.17) is 9.84 Å². The van der Waals surface area contributed by atoms with Gasteiger partial charge in [-0.05, 0) is 25.0 Å². The Morgan fingerprint density at radius 1 is 0.968 bits per heavy atom. The topological polar surface area (TPSA) is 158 Å². The van der Waals surface area contributed by atoms with Gasteiger partial charge in [-0.15, -0.1) is 0 Å². The fourth-order valence-electron chi connectivity index (χ4n) is 4.00. The van der Waals surface area contributed by atoms with Gasteiger partial charge in [0.05, 0.1) is 32.4 Å². The lowest BCUT2D eigenvalue weighted by atomic mass is 9.87. The lowest BCUT2D eigenvalue weighted by Gasteiger charge is -2.43. The Morgan fingerprint density at radius 2 is 1.55 bits per heavy atom. The normalized spacial score (nSPS) is 18.7. The molecule has 31 heavy (non-hydrogen) atoms. The zero-order chi connectivity index (χ0) is 23.0. The van der Waals surface area contributed by atoms with Crippen LogP contribution in [0.25, 0.3) is 0 Å². The van der Waals surface area contributed by atoms with E-state index in [2.05, 4.69) is 4.98 Å². The first kappa shape index (κ1) is 24.2. The van der Waals surface area contributed by atoms with Gasteiger partial charge in [0.15, 0.2) is 0 Å². The van der Waals surface area contributed by atoms with Crippen LogP contribution in [0.1, 0.15) is 41.9 Å². The summed E-state index contributed by atoms with van der Waals surface area (Å²) in [5, 5.41) is 27.9. The van der Waals surface area contributed by atoms with Crippen LogP contribution in [-0.2, 0) is 25.7 Å². The third kappa shape index (κ3) is 7.30. The number of hydrogen-bond donors (Lipinski definition) is 3. The second-order valence-electron chi connectivity index (χ2n) is 7.41. The van der Waals surface area contributed by atoms with Gasteiger partial charge < -0.3 is 20.1 Å². The van der Waals surface area contributed by atoms with E-state index in [0.29, 0.717) is 18.5 Å². The van der Waals surface area contributed by atoms with Crippen molar-refractivity contribution in [3.8, 4) is 0 Å². The molecule has 0 aliphatic heterocycles. The minimum Gasteiger partial charge on any atom is -0.480 e. The van der Waals surface area contributed by atoms with E-state index in [1.165, 1.54) is 24.1 Å². The standard InChI is InChI=1S/C20H27N3O8/c1-31-19(28)12-23(11-18(26)27)16-8-3-2-7-15(16)22(10-17(24)25)9-13-5-4-6-14(21-13)20(29)30/h4-6,15-16H,2-3,7-12H2,1H3,(H,24,25)(H,26,27)(H,29,30)/t15-,16-/m0/s1. The molecule has 0 bridgehead atoms. The van der Waals surface area contributed by atoms with Crippen LogP contribution in [0.2, 0.25) is 0 Å². The van der Waals surface area contributed by atoms with E-state index in [-0.39, 0.29) is 44.0 Å². The molecule has 0 spiro atoms. The lowest BCUT2D eigenvalue weighted by Crippen LogP contribution is -2.56. The number of carboxylic acids is 3. The fraction of sp³-hybridized carbons (Fsp3) is 0.550. The number of hydrogen-bond acceptors (Lipinski definition) is 8. The molecule has 170 valence electrons. The molecule has 0 unspecified atom stereocenters. The van der Waals surface area contributed by atoms with E-state index >= 15 is 0 Å². The fourth-order valence-corrected chi connectivity index (χ4v) is 4.00.